The lowest BCUT2D eigenvalue weighted by Crippen LogP contribution is -2.27. The van der Waals surface area contributed by atoms with Crippen LogP contribution in [0.15, 0.2) is 97.1 Å². The molecule has 1 atom stereocenters. The van der Waals surface area contributed by atoms with Gasteiger partial charge in [-0.2, -0.15) is 0 Å². The number of nitro groups is 1. The highest BCUT2D eigenvalue weighted by atomic mass is 16.6. The topological polar surface area (TPSA) is 152 Å². The van der Waals surface area contributed by atoms with E-state index in [0.717, 1.165) is 0 Å². The average molecular weight is 611 g/mol. The molecule has 0 aromatic heterocycles. The van der Waals surface area contributed by atoms with Crippen LogP contribution in [-0.4, -0.2) is 48.8 Å². The van der Waals surface area contributed by atoms with Crippen LogP contribution >= 0.6 is 0 Å². The highest BCUT2D eigenvalue weighted by Gasteiger charge is 2.36. The standard InChI is InChI=1S/C33H26N2O10/c1-42-29-4-2-3-5-30(29)44-26-16-12-24(13-17-26)34-19-23(18-31(34)37)32(38)43-20-28(36)21-8-14-27(15-9-21)45-33(39)22-6-10-25(11-7-22)35(40)41/h2-17,23H,18-20H2,1H3/t23-/m1/s1. The summed E-state index contributed by atoms with van der Waals surface area (Å²) in [4.78, 5) is 62.0. The third-order valence-electron chi connectivity index (χ3n) is 6.95. The predicted octanol–water partition coefficient (Wildman–Crippen LogP) is 5.39. The van der Waals surface area contributed by atoms with Crippen molar-refractivity contribution in [3.8, 4) is 23.0 Å². The van der Waals surface area contributed by atoms with Crippen molar-refractivity contribution in [1.82, 2.24) is 0 Å². The molecular formula is C33H26N2O10. The molecule has 12 heteroatoms. The van der Waals surface area contributed by atoms with E-state index in [1.165, 1.54) is 53.4 Å². The Kier molecular flexibility index (Phi) is 9.13. The third-order valence-corrected chi connectivity index (χ3v) is 6.95. The van der Waals surface area contributed by atoms with Crippen LogP contribution in [0.1, 0.15) is 27.1 Å². The summed E-state index contributed by atoms with van der Waals surface area (Å²) < 4.78 is 21.6. The molecule has 5 rings (SSSR count). The van der Waals surface area contributed by atoms with Gasteiger partial charge in [-0.1, -0.05) is 12.1 Å². The minimum absolute atomic E-state index is 0.0543. The maximum atomic E-state index is 12.7. The van der Waals surface area contributed by atoms with Gasteiger partial charge in [-0.25, -0.2) is 4.79 Å². The van der Waals surface area contributed by atoms with E-state index in [9.17, 15) is 29.3 Å². The van der Waals surface area contributed by atoms with E-state index in [0.29, 0.717) is 22.9 Å². The SMILES string of the molecule is COc1ccccc1Oc1ccc(N2C[C@H](C(=O)OCC(=O)c3ccc(OC(=O)c4ccc([N+](=O)[O-])cc4)cc3)CC2=O)cc1. The summed E-state index contributed by atoms with van der Waals surface area (Å²) in [6.45, 7) is -0.423. The molecule has 0 aliphatic carbocycles. The molecule has 1 amide bonds. The summed E-state index contributed by atoms with van der Waals surface area (Å²) in [6.07, 6.45) is -0.0543. The molecule has 0 bridgehead atoms. The quantitative estimate of drug-likeness (QED) is 0.0710. The molecule has 0 unspecified atom stereocenters. The molecule has 0 spiro atoms. The first-order valence-electron chi connectivity index (χ1n) is 13.7. The zero-order valence-electron chi connectivity index (χ0n) is 23.9. The number of anilines is 1. The normalized spacial score (nSPS) is 14.0. The zero-order valence-corrected chi connectivity index (χ0v) is 23.9. The Morgan fingerprint density at radius 1 is 0.844 bits per heavy atom. The van der Waals surface area contributed by atoms with Gasteiger partial charge in [-0.15, -0.1) is 0 Å². The van der Waals surface area contributed by atoms with Crippen LogP contribution in [0.2, 0.25) is 0 Å². The number of hydrogen-bond acceptors (Lipinski definition) is 10. The first-order chi connectivity index (χ1) is 21.7. The van der Waals surface area contributed by atoms with Gasteiger partial charge in [0.2, 0.25) is 5.91 Å². The Labute approximate surface area is 256 Å². The van der Waals surface area contributed by atoms with E-state index in [-0.39, 0.29) is 41.4 Å². The van der Waals surface area contributed by atoms with Gasteiger partial charge in [0.1, 0.15) is 11.5 Å². The Hall–Kier alpha value is -6.04. The van der Waals surface area contributed by atoms with Gasteiger partial charge >= 0.3 is 11.9 Å². The van der Waals surface area contributed by atoms with E-state index >= 15 is 0 Å². The Morgan fingerprint density at radius 3 is 2.11 bits per heavy atom. The van der Waals surface area contributed by atoms with E-state index < -0.39 is 35.2 Å². The second kappa shape index (κ2) is 13.5. The van der Waals surface area contributed by atoms with Gasteiger partial charge in [0.05, 0.1) is 23.5 Å². The molecular weight excluding hydrogens is 584 g/mol. The van der Waals surface area contributed by atoms with Crippen LogP contribution in [0, 0.1) is 16.0 Å². The van der Waals surface area contributed by atoms with Crippen molar-refractivity contribution in [2.75, 3.05) is 25.2 Å². The van der Waals surface area contributed by atoms with Crippen LogP contribution < -0.4 is 19.1 Å². The van der Waals surface area contributed by atoms with Crippen molar-refractivity contribution in [2.45, 2.75) is 6.42 Å². The number of non-ortho nitro benzene ring substituents is 1. The summed E-state index contributed by atoms with van der Waals surface area (Å²) in [5, 5.41) is 10.8. The van der Waals surface area contributed by atoms with Crippen molar-refractivity contribution in [1.29, 1.82) is 0 Å². The predicted molar refractivity (Wildman–Crippen MR) is 160 cm³/mol. The van der Waals surface area contributed by atoms with Crippen molar-refractivity contribution in [3.63, 3.8) is 0 Å². The summed E-state index contributed by atoms with van der Waals surface area (Å²) in [7, 11) is 1.55. The van der Waals surface area contributed by atoms with E-state index in [1.807, 2.05) is 12.1 Å². The number of methoxy groups -OCH3 is 1. The fourth-order valence-electron chi connectivity index (χ4n) is 4.57. The fourth-order valence-corrected chi connectivity index (χ4v) is 4.57. The molecule has 45 heavy (non-hydrogen) atoms. The molecule has 0 radical (unpaired) electrons. The van der Waals surface area contributed by atoms with Crippen molar-refractivity contribution in [2.24, 2.45) is 5.92 Å². The fraction of sp³-hybridized carbons (Fsp3) is 0.152. The highest BCUT2D eigenvalue weighted by molar-refractivity contribution is 6.01. The first kappa shape index (κ1) is 30.4. The molecule has 1 saturated heterocycles. The summed E-state index contributed by atoms with van der Waals surface area (Å²) in [5.74, 6) is -1.05. The number of para-hydroxylation sites is 2. The minimum atomic E-state index is -0.740. The van der Waals surface area contributed by atoms with Gasteiger partial charge in [0.15, 0.2) is 23.9 Å². The summed E-state index contributed by atoms with van der Waals surface area (Å²) >= 11 is 0. The monoisotopic (exact) mass is 610 g/mol. The Morgan fingerprint density at radius 2 is 1.47 bits per heavy atom. The molecule has 12 nitrogen and oxygen atoms in total. The maximum Gasteiger partial charge on any atom is 0.343 e. The second-order valence-corrected chi connectivity index (χ2v) is 9.90. The smallest absolute Gasteiger partial charge is 0.343 e. The highest BCUT2D eigenvalue weighted by Crippen LogP contribution is 2.33. The van der Waals surface area contributed by atoms with Gasteiger partial charge in [-0.3, -0.25) is 24.5 Å². The summed E-state index contributed by atoms with van der Waals surface area (Å²) in [5.41, 5.74) is 0.770. The number of amides is 1. The molecule has 1 aliphatic heterocycles. The number of Topliss-reactive ketones (excluding diaryl/α,β-unsaturated/α-hetero) is 1. The number of rotatable bonds is 11. The molecule has 0 saturated carbocycles. The maximum absolute atomic E-state index is 12.7. The summed E-state index contributed by atoms with van der Waals surface area (Å²) in [6, 6.07) is 24.6. The molecule has 0 N–H and O–H groups in total. The third kappa shape index (κ3) is 7.31. The molecule has 4 aromatic rings. The number of benzene rings is 4. The molecule has 1 fully saturated rings. The van der Waals surface area contributed by atoms with Gasteiger partial charge in [0, 0.05) is 36.3 Å². The van der Waals surface area contributed by atoms with Gasteiger partial charge < -0.3 is 23.8 Å². The number of ketones is 1. The number of hydrogen-bond donors (Lipinski definition) is 0. The lowest BCUT2D eigenvalue weighted by atomic mass is 10.1. The molecule has 228 valence electrons. The van der Waals surface area contributed by atoms with Crippen LogP contribution in [0.3, 0.4) is 0 Å². The number of nitrogens with zero attached hydrogens (tertiary/aromatic N) is 2. The van der Waals surface area contributed by atoms with E-state index in [1.54, 1.807) is 43.5 Å². The average Bonchev–Trinajstić information content (AvgIpc) is 3.46. The van der Waals surface area contributed by atoms with Crippen LogP contribution in [0.25, 0.3) is 0 Å². The second-order valence-electron chi connectivity index (χ2n) is 9.90. The van der Waals surface area contributed by atoms with Gasteiger partial charge in [0.25, 0.3) is 5.69 Å². The van der Waals surface area contributed by atoms with E-state index in [4.69, 9.17) is 18.9 Å². The van der Waals surface area contributed by atoms with Crippen LogP contribution in [0.5, 0.6) is 23.0 Å². The number of ether oxygens (including phenoxy) is 4. The minimum Gasteiger partial charge on any atom is -0.493 e. The Balaban J connectivity index is 1.11. The van der Waals surface area contributed by atoms with Crippen LogP contribution in [-0.2, 0) is 14.3 Å². The first-order valence-corrected chi connectivity index (χ1v) is 13.7. The number of nitro benzene ring substituents is 1. The largest absolute Gasteiger partial charge is 0.493 e. The molecule has 1 aliphatic rings. The zero-order chi connectivity index (χ0) is 31.9. The lowest BCUT2D eigenvalue weighted by Gasteiger charge is -2.17. The molecule has 4 aromatic carbocycles. The van der Waals surface area contributed by atoms with Crippen molar-refractivity contribution < 1.29 is 43.0 Å². The van der Waals surface area contributed by atoms with Crippen molar-refractivity contribution >= 4 is 35.0 Å². The van der Waals surface area contributed by atoms with E-state index in [2.05, 4.69) is 0 Å². The molecule has 1 heterocycles. The van der Waals surface area contributed by atoms with Gasteiger partial charge in [-0.05, 0) is 72.8 Å². The number of carbonyl (C=O) groups excluding carboxylic acids is 4. The van der Waals surface area contributed by atoms with Crippen molar-refractivity contribution in [3.05, 3.63) is 118 Å². The number of carbonyl (C=O) groups is 4. The lowest BCUT2D eigenvalue weighted by molar-refractivity contribution is -0.384. The van der Waals surface area contributed by atoms with Crippen LogP contribution in [0.4, 0.5) is 11.4 Å². The Bertz CT molecular complexity index is 1740. The number of esters is 2.